The third-order valence-corrected chi connectivity index (χ3v) is 5.84. The molecule has 1 aromatic heterocycles. The molecule has 7 heteroatoms. The monoisotopic (exact) mass is 445 g/mol. The molecule has 3 atom stereocenters. The first-order valence-corrected chi connectivity index (χ1v) is 10.5. The summed E-state index contributed by atoms with van der Waals surface area (Å²) in [6, 6.07) is 11.5. The quantitative estimate of drug-likeness (QED) is 0.707. The summed E-state index contributed by atoms with van der Waals surface area (Å²) in [6.45, 7) is 1.08. The third kappa shape index (κ3) is 4.31. The van der Waals surface area contributed by atoms with Crippen LogP contribution in [0.1, 0.15) is 31.2 Å². The van der Waals surface area contributed by atoms with Gasteiger partial charge in [-0.25, -0.2) is 4.98 Å². The minimum absolute atomic E-state index is 0.167. The average Bonchev–Trinajstić information content (AvgIpc) is 2.71. The largest absolute Gasteiger partial charge is 0.477 e. The van der Waals surface area contributed by atoms with Crippen LogP contribution >= 0.6 is 15.9 Å². The van der Waals surface area contributed by atoms with Crippen LogP contribution in [0.25, 0.3) is 0 Å². The maximum Gasteiger partial charge on any atom is 0.263 e. The molecule has 1 aliphatic heterocycles. The minimum Gasteiger partial charge on any atom is -0.477 e. The Bertz CT molecular complexity index is 830. The maximum absolute atomic E-state index is 12.9. The lowest BCUT2D eigenvalue weighted by molar-refractivity contribution is -0.129. The van der Waals surface area contributed by atoms with Crippen LogP contribution < -0.4 is 15.0 Å². The van der Waals surface area contributed by atoms with Gasteiger partial charge in [-0.3, -0.25) is 4.79 Å². The highest BCUT2D eigenvalue weighted by Crippen LogP contribution is 2.34. The summed E-state index contributed by atoms with van der Waals surface area (Å²) in [5, 5.41) is 13.2. The third-order valence-electron chi connectivity index (χ3n) is 5.37. The molecule has 6 nitrogen and oxygen atoms in total. The van der Waals surface area contributed by atoms with Crippen molar-refractivity contribution in [1.82, 2.24) is 10.3 Å². The first kappa shape index (κ1) is 19.2. The summed E-state index contributed by atoms with van der Waals surface area (Å²) in [5.41, 5.74) is 2.02. The molecule has 148 valence electrons. The van der Waals surface area contributed by atoms with Gasteiger partial charge < -0.3 is 20.1 Å². The molecule has 0 radical (unpaired) electrons. The van der Waals surface area contributed by atoms with Crippen molar-refractivity contribution in [3.63, 3.8) is 0 Å². The Labute approximate surface area is 173 Å². The Kier molecular flexibility index (Phi) is 5.82. The van der Waals surface area contributed by atoms with E-state index in [0.717, 1.165) is 41.5 Å². The molecule has 4 rings (SSSR count). The molecule has 2 N–H and O–H groups in total. The molecule has 1 unspecified atom stereocenters. The molecule has 1 aromatic carbocycles. The SMILES string of the molecule is O=C(N[C@H]1CCCC[C@@H]1O)C1CN(Cc2ccc(Br)nc2)c2ccccc2O1. The number of aliphatic hydroxyl groups excluding tert-OH is 1. The van der Waals surface area contributed by atoms with Gasteiger partial charge in [-0.05, 0) is 52.5 Å². The number of carbonyl (C=O) groups is 1. The zero-order valence-corrected chi connectivity index (χ0v) is 17.1. The highest BCUT2D eigenvalue weighted by atomic mass is 79.9. The number of para-hydroxylation sites is 2. The molecule has 1 amide bonds. The van der Waals surface area contributed by atoms with Crippen LogP contribution in [0.4, 0.5) is 5.69 Å². The van der Waals surface area contributed by atoms with Crippen molar-refractivity contribution in [3.05, 3.63) is 52.8 Å². The summed E-state index contributed by atoms with van der Waals surface area (Å²) < 4.78 is 6.79. The first-order chi connectivity index (χ1) is 13.6. The number of nitrogens with zero attached hydrogens (tertiary/aromatic N) is 2. The van der Waals surface area contributed by atoms with Gasteiger partial charge in [0.25, 0.3) is 5.91 Å². The molecule has 1 aliphatic carbocycles. The molecule has 0 spiro atoms. The fourth-order valence-electron chi connectivity index (χ4n) is 3.87. The number of hydrogen-bond donors (Lipinski definition) is 2. The number of pyridine rings is 1. The normalized spacial score (nSPS) is 24.2. The molecule has 0 saturated heterocycles. The van der Waals surface area contributed by atoms with Gasteiger partial charge in [0.1, 0.15) is 10.4 Å². The van der Waals surface area contributed by atoms with E-state index in [0.29, 0.717) is 18.8 Å². The van der Waals surface area contributed by atoms with Crippen molar-refractivity contribution in [1.29, 1.82) is 0 Å². The van der Waals surface area contributed by atoms with Gasteiger partial charge in [0.05, 0.1) is 24.4 Å². The first-order valence-electron chi connectivity index (χ1n) is 9.69. The van der Waals surface area contributed by atoms with E-state index in [1.807, 2.05) is 42.6 Å². The second-order valence-corrected chi connectivity index (χ2v) is 8.22. The highest BCUT2D eigenvalue weighted by Gasteiger charge is 2.33. The second-order valence-electron chi connectivity index (χ2n) is 7.41. The topological polar surface area (TPSA) is 74.7 Å². The number of fused-ring (bicyclic) bond motifs is 1. The van der Waals surface area contributed by atoms with Crippen LogP contribution in [0.3, 0.4) is 0 Å². The van der Waals surface area contributed by atoms with Crippen molar-refractivity contribution in [3.8, 4) is 5.75 Å². The number of amides is 1. The van der Waals surface area contributed by atoms with Gasteiger partial charge in [-0.15, -0.1) is 0 Å². The van der Waals surface area contributed by atoms with E-state index in [9.17, 15) is 9.90 Å². The molecule has 1 saturated carbocycles. The number of aromatic nitrogens is 1. The molecule has 2 aromatic rings. The van der Waals surface area contributed by atoms with E-state index >= 15 is 0 Å². The Balaban J connectivity index is 1.50. The summed E-state index contributed by atoms with van der Waals surface area (Å²) in [7, 11) is 0. The Morgan fingerprint density at radius 1 is 1.25 bits per heavy atom. The number of aliphatic hydroxyl groups is 1. The van der Waals surface area contributed by atoms with Crippen molar-refractivity contribution in [2.24, 2.45) is 0 Å². The zero-order valence-electron chi connectivity index (χ0n) is 15.6. The van der Waals surface area contributed by atoms with Crippen LogP contribution in [0.15, 0.2) is 47.2 Å². The predicted molar refractivity (Wildman–Crippen MR) is 110 cm³/mol. The molecule has 2 aliphatic rings. The Morgan fingerprint density at radius 3 is 2.86 bits per heavy atom. The molecule has 28 heavy (non-hydrogen) atoms. The van der Waals surface area contributed by atoms with Crippen molar-refractivity contribution < 1.29 is 14.6 Å². The second kappa shape index (κ2) is 8.49. The molecule has 0 bridgehead atoms. The number of anilines is 1. The molecular weight excluding hydrogens is 422 g/mol. The number of hydrogen-bond acceptors (Lipinski definition) is 5. The fourth-order valence-corrected chi connectivity index (χ4v) is 4.10. The van der Waals surface area contributed by atoms with E-state index in [1.165, 1.54) is 0 Å². The number of rotatable bonds is 4. The van der Waals surface area contributed by atoms with E-state index in [1.54, 1.807) is 0 Å². The predicted octanol–water partition coefficient (Wildman–Crippen LogP) is 3.03. The van der Waals surface area contributed by atoms with Gasteiger partial charge in [-0.1, -0.05) is 31.0 Å². The number of nitrogens with one attached hydrogen (secondary N) is 1. The fraction of sp³-hybridized carbons (Fsp3) is 0.429. The Hall–Kier alpha value is -2.12. The van der Waals surface area contributed by atoms with Crippen LogP contribution in [0.2, 0.25) is 0 Å². The summed E-state index contributed by atoms with van der Waals surface area (Å²) in [6.07, 6.45) is 4.32. The van der Waals surface area contributed by atoms with Gasteiger partial charge in [0.15, 0.2) is 6.10 Å². The smallest absolute Gasteiger partial charge is 0.263 e. The van der Waals surface area contributed by atoms with Gasteiger partial charge in [-0.2, -0.15) is 0 Å². The van der Waals surface area contributed by atoms with Crippen molar-refractivity contribution in [2.75, 3.05) is 11.4 Å². The van der Waals surface area contributed by atoms with E-state index in [4.69, 9.17) is 4.74 Å². The van der Waals surface area contributed by atoms with Crippen LogP contribution in [-0.4, -0.2) is 40.8 Å². The molecular formula is C21H24BrN3O3. The van der Waals surface area contributed by atoms with Gasteiger partial charge in [0.2, 0.25) is 0 Å². The average molecular weight is 446 g/mol. The summed E-state index contributed by atoms with van der Waals surface area (Å²) in [4.78, 5) is 19.3. The number of benzene rings is 1. The van der Waals surface area contributed by atoms with Crippen LogP contribution in [0, 0.1) is 0 Å². The number of carbonyl (C=O) groups excluding carboxylic acids is 1. The maximum atomic E-state index is 12.9. The summed E-state index contributed by atoms with van der Waals surface area (Å²) in [5.74, 6) is 0.530. The minimum atomic E-state index is -0.618. The lowest BCUT2D eigenvalue weighted by Gasteiger charge is -2.37. The standard InChI is InChI=1S/C21H24BrN3O3/c22-20-10-9-14(11-23-20)12-25-13-19(28-18-8-4-2-6-16(18)25)21(27)24-15-5-1-3-7-17(15)26/h2,4,6,8-11,15,17,19,26H,1,3,5,7,12-13H2,(H,24,27)/t15-,17-,19?/m0/s1. The van der Waals surface area contributed by atoms with E-state index in [-0.39, 0.29) is 11.9 Å². The lowest BCUT2D eigenvalue weighted by Crippen LogP contribution is -2.54. The molecule has 2 heterocycles. The number of halogens is 1. The highest BCUT2D eigenvalue weighted by molar-refractivity contribution is 9.10. The van der Waals surface area contributed by atoms with Crippen LogP contribution in [0.5, 0.6) is 5.75 Å². The molecule has 1 fully saturated rings. The Morgan fingerprint density at radius 2 is 2.07 bits per heavy atom. The van der Waals surface area contributed by atoms with E-state index < -0.39 is 12.2 Å². The lowest BCUT2D eigenvalue weighted by atomic mass is 9.92. The summed E-state index contributed by atoms with van der Waals surface area (Å²) >= 11 is 3.36. The zero-order chi connectivity index (χ0) is 19.5. The van der Waals surface area contributed by atoms with E-state index in [2.05, 4.69) is 31.1 Å². The van der Waals surface area contributed by atoms with Gasteiger partial charge in [0, 0.05) is 12.7 Å². The van der Waals surface area contributed by atoms with Crippen molar-refractivity contribution >= 4 is 27.5 Å². The number of ether oxygens (including phenoxy) is 1. The van der Waals surface area contributed by atoms with Crippen LogP contribution in [-0.2, 0) is 11.3 Å². The van der Waals surface area contributed by atoms with Gasteiger partial charge >= 0.3 is 0 Å². The van der Waals surface area contributed by atoms with Crippen molar-refractivity contribution in [2.45, 2.75) is 50.5 Å².